The molecule has 3 heteroatoms. The van der Waals surface area contributed by atoms with Gasteiger partial charge in [0.2, 0.25) is 0 Å². The highest BCUT2D eigenvalue weighted by Gasteiger charge is 1.85. The summed E-state index contributed by atoms with van der Waals surface area (Å²) in [4.78, 5) is 0. The predicted octanol–water partition coefficient (Wildman–Crippen LogP) is 0.834. The van der Waals surface area contributed by atoms with Crippen molar-refractivity contribution in [3.8, 4) is 11.8 Å². The Hall–Kier alpha value is -1.17. The predicted molar refractivity (Wildman–Crippen MR) is 34.3 cm³/mol. The number of hydrogen-bond donors (Lipinski definition) is 1. The Kier molecular flexibility index (Phi) is 4.33. The minimum Gasteiger partial charge on any atom is -0.473 e. The molecule has 0 aromatic carbocycles. The molecular formula is C6H9NO2. The summed E-state index contributed by atoms with van der Waals surface area (Å²) < 4.78 is 4.53. The third kappa shape index (κ3) is 3.42. The van der Waals surface area contributed by atoms with E-state index in [1.807, 2.05) is 6.92 Å². The van der Waals surface area contributed by atoms with E-state index >= 15 is 0 Å². The molecule has 0 atom stereocenters. The Morgan fingerprint density at radius 1 is 1.78 bits per heavy atom. The lowest BCUT2D eigenvalue weighted by atomic mass is 10.5. The van der Waals surface area contributed by atoms with Gasteiger partial charge in [-0.1, -0.05) is 12.8 Å². The van der Waals surface area contributed by atoms with Gasteiger partial charge in [-0.25, -0.2) is 0 Å². The summed E-state index contributed by atoms with van der Waals surface area (Å²) in [5.41, 5.74) is 0. The van der Waals surface area contributed by atoms with E-state index in [0.717, 1.165) is 6.42 Å². The molecule has 0 aliphatic heterocycles. The normalized spacial score (nSPS) is 9.78. The van der Waals surface area contributed by atoms with Crippen LogP contribution in [0.1, 0.15) is 13.3 Å². The maximum Gasteiger partial charge on any atom is 0.302 e. The van der Waals surface area contributed by atoms with Crippen molar-refractivity contribution < 1.29 is 9.94 Å². The van der Waals surface area contributed by atoms with E-state index in [1.165, 1.54) is 7.11 Å². The van der Waals surface area contributed by atoms with Crippen LogP contribution in [0.5, 0.6) is 0 Å². The molecule has 0 spiro atoms. The molecule has 0 bridgehead atoms. The van der Waals surface area contributed by atoms with E-state index in [-0.39, 0.29) is 5.90 Å². The number of rotatable bonds is 0. The summed E-state index contributed by atoms with van der Waals surface area (Å²) in [5.74, 6) is 5.23. The Bertz CT molecular complexity index is 152. The zero-order chi connectivity index (χ0) is 7.11. The molecule has 3 nitrogen and oxygen atoms in total. The first-order valence-corrected chi connectivity index (χ1v) is 2.60. The van der Waals surface area contributed by atoms with Crippen LogP contribution in [0.15, 0.2) is 5.16 Å². The van der Waals surface area contributed by atoms with E-state index in [9.17, 15) is 0 Å². The van der Waals surface area contributed by atoms with Crippen LogP contribution in [-0.4, -0.2) is 18.2 Å². The van der Waals surface area contributed by atoms with Crippen LogP contribution < -0.4 is 0 Å². The molecule has 0 unspecified atom stereocenters. The van der Waals surface area contributed by atoms with Crippen LogP contribution in [0.3, 0.4) is 0 Å². The van der Waals surface area contributed by atoms with Crippen molar-refractivity contribution in [2.45, 2.75) is 13.3 Å². The van der Waals surface area contributed by atoms with Gasteiger partial charge in [0.1, 0.15) is 0 Å². The highest BCUT2D eigenvalue weighted by Crippen LogP contribution is 1.75. The first kappa shape index (κ1) is 7.83. The molecule has 0 aliphatic carbocycles. The third-order valence-electron chi connectivity index (χ3n) is 0.656. The molecule has 0 saturated heterocycles. The standard InChI is InChI=1S/C6H9NO2/c1-3-4-5-6(7-8)9-2/h8H,3H2,1-2H3. The van der Waals surface area contributed by atoms with Crippen LogP contribution in [0.2, 0.25) is 0 Å². The van der Waals surface area contributed by atoms with Gasteiger partial charge in [-0.05, 0) is 11.1 Å². The van der Waals surface area contributed by atoms with Crippen molar-refractivity contribution >= 4 is 5.90 Å². The van der Waals surface area contributed by atoms with Crippen molar-refractivity contribution in [3.05, 3.63) is 0 Å². The molecule has 9 heavy (non-hydrogen) atoms. The van der Waals surface area contributed by atoms with Gasteiger partial charge in [-0.15, -0.1) is 0 Å². The summed E-state index contributed by atoms with van der Waals surface area (Å²) in [6, 6.07) is 0. The molecule has 0 rings (SSSR count). The molecule has 0 aromatic rings. The first-order valence-electron chi connectivity index (χ1n) is 2.60. The molecule has 0 aromatic heterocycles. The fourth-order valence-electron chi connectivity index (χ4n) is 0.281. The molecule has 50 valence electrons. The smallest absolute Gasteiger partial charge is 0.302 e. The minimum absolute atomic E-state index is 0.0526. The quantitative estimate of drug-likeness (QED) is 0.172. The molecule has 0 heterocycles. The van der Waals surface area contributed by atoms with E-state index in [0.29, 0.717) is 0 Å². The number of oxime groups is 1. The molecule has 0 radical (unpaired) electrons. The lowest BCUT2D eigenvalue weighted by molar-refractivity contribution is 0.289. The molecule has 0 saturated carbocycles. The van der Waals surface area contributed by atoms with Gasteiger partial charge in [-0.2, -0.15) is 0 Å². The lowest BCUT2D eigenvalue weighted by Gasteiger charge is -1.88. The fraction of sp³-hybridized carbons (Fsp3) is 0.500. The zero-order valence-electron chi connectivity index (χ0n) is 5.51. The number of ether oxygens (including phenoxy) is 1. The van der Waals surface area contributed by atoms with Gasteiger partial charge in [0.25, 0.3) is 0 Å². The first-order chi connectivity index (χ1) is 4.35. The van der Waals surface area contributed by atoms with E-state index in [4.69, 9.17) is 5.21 Å². The summed E-state index contributed by atoms with van der Waals surface area (Å²) >= 11 is 0. The molecule has 1 N–H and O–H groups in total. The van der Waals surface area contributed by atoms with Crippen molar-refractivity contribution in [3.63, 3.8) is 0 Å². The molecule has 0 fully saturated rings. The van der Waals surface area contributed by atoms with E-state index < -0.39 is 0 Å². The fourth-order valence-corrected chi connectivity index (χ4v) is 0.281. The van der Waals surface area contributed by atoms with Gasteiger partial charge < -0.3 is 9.94 Å². The second-order valence-corrected chi connectivity index (χ2v) is 1.26. The minimum atomic E-state index is 0.0526. The Morgan fingerprint density at radius 2 is 2.44 bits per heavy atom. The van der Waals surface area contributed by atoms with Gasteiger partial charge in [0.15, 0.2) is 0 Å². The second kappa shape index (κ2) is 4.98. The summed E-state index contributed by atoms with van der Waals surface area (Å²) in [6.45, 7) is 1.90. The van der Waals surface area contributed by atoms with Crippen LogP contribution in [0.4, 0.5) is 0 Å². The van der Waals surface area contributed by atoms with Gasteiger partial charge in [-0.3, -0.25) is 0 Å². The monoisotopic (exact) mass is 127 g/mol. The Balaban J connectivity index is 3.84. The molecule has 0 amide bonds. The average Bonchev–Trinajstić information content (AvgIpc) is 1.91. The van der Waals surface area contributed by atoms with Crippen molar-refractivity contribution in [2.24, 2.45) is 5.16 Å². The van der Waals surface area contributed by atoms with Gasteiger partial charge in [0.05, 0.1) is 7.11 Å². The average molecular weight is 127 g/mol. The van der Waals surface area contributed by atoms with E-state index in [1.54, 1.807) is 0 Å². The maximum absolute atomic E-state index is 8.11. The topological polar surface area (TPSA) is 41.8 Å². The highest BCUT2D eigenvalue weighted by atomic mass is 16.5. The van der Waals surface area contributed by atoms with E-state index in [2.05, 4.69) is 21.7 Å². The van der Waals surface area contributed by atoms with Crippen LogP contribution in [-0.2, 0) is 4.74 Å². The van der Waals surface area contributed by atoms with Crippen LogP contribution in [0.25, 0.3) is 0 Å². The van der Waals surface area contributed by atoms with Gasteiger partial charge >= 0.3 is 5.90 Å². The van der Waals surface area contributed by atoms with Gasteiger partial charge in [0, 0.05) is 6.42 Å². The maximum atomic E-state index is 8.11. The largest absolute Gasteiger partial charge is 0.473 e. The second-order valence-electron chi connectivity index (χ2n) is 1.26. The third-order valence-corrected chi connectivity index (χ3v) is 0.656. The summed E-state index contributed by atoms with van der Waals surface area (Å²) in [7, 11) is 1.40. The Morgan fingerprint density at radius 3 is 2.78 bits per heavy atom. The summed E-state index contributed by atoms with van der Waals surface area (Å²) in [6.07, 6.45) is 0.725. The van der Waals surface area contributed by atoms with Crippen LogP contribution >= 0.6 is 0 Å². The molecular weight excluding hydrogens is 118 g/mol. The van der Waals surface area contributed by atoms with Crippen molar-refractivity contribution in [1.29, 1.82) is 0 Å². The number of hydrogen-bond acceptors (Lipinski definition) is 3. The zero-order valence-corrected chi connectivity index (χ0v) is 5.51. The number of nitrogens with zero attached hydrogens (tertiary/aromatic N) is 1. The van der Waals surface area contributed by atoms with Crippen molar-refractivity contribution in [2.75, 3.05) is 7.11 Å². The highest BCUT2D eigenvalue weighted by molar-refractivity contribution is 5.92. The van der Waals surface area contributed by atoms with Crippen molar-refractivity contribution in [1.82, 2.24) is 0 Å². The Labute approximate surface area is 54.3 Å². The van der Waals surface area contributed by atoms with Crippen LogP contribution in [0, 0.1) is 11.8 Å². The SMILES string of the molecule is CCC#CC(=NO)OC. The number of methoxy groups -OCH3 is 1. The molecule has 0 aliphatic rings. The summed E-state index contributed by atoms with van der Waals surface area (Å²) in [5, 5.41) is 10.9. The lowest BCUT2D eigenvalue weighted by Crippen LogP contribution is -1.95.